The van der Waals surface area contributed by atoms with E-state index in [0.717, 1.165) is 17.0 Å². The molecule has 0 aliphatic rings. The second-order valence-electron chi connectivity index (χ2n) is 4.77. The summed E-state index contributed by atoms with van der Waals surface area (Å²) in [7, 11) is 0. The number of nitriles is 1. The summed E-state index contributed by atoms with van der Waals surface area (Å²) in [5, 5.41) is 13.7. The molecule has 0 saturated carbocycles. The van der Waals surface area contributed by atoms with Crippen molar-refractivity contribution in [3.63, 3.8) is 0 Å². The Morgan fingerprint density at radius 2 is 1.95 bits per heavy atom. The van der Waals surface area contributed by atoms with Crippen molar-refractivity contribution in [2.75, 3.05) is 0 Å². The van der Waals surface area contributed by atoms with Crippen LogP contribution in [0.15, 0.2) is 36.7 Å². The van der Waals surface area contributed by atoms with Gasteiger partial charge in [0.05, 0.1) is 11.8 Å². The summed E-state index contributed by atoms with van der Waals surface area (Å²) >= 11 is 0. The van der Waals surface area contributed by atoms with Crippen molar-refractivity contribution in [2.24, 2.45) is 0 Å². The fraction of sp³-hybridized carbons (Fsp3) is 0.200. The van der Waals surface area contributed by atoms with Crippen molar-refractivity contribution in [2.45, 2.75) is 19.8 Å². The monoisotopic (exact) mass is 263 g/mol. The molecule has 20 heavy (non-hydrogen) atoms. The molecule has 5 heteroatoms. The Kier molecular flexibility index (Phi) is 2.92. The van der Waals surface area contributed by atoms with Gasteiger partial charge in [0.25, 0.3) is 5.78 Å². The van der Waals surface area contributed by atoms with Crippen LogP contribution >= 0.6 is 0 Å². The summed E-state index contributed by atoms with van der Waals surface area (Å²) in [5.74, 6) is 0.133. The standard InChI is InChI=1S/C15H13N5/c1-10-3-5-12(6-4-10)13(8-16)14-7-11(2)19-15-17-9-18-20(14)15/h3-7,9,13H,1-2H3/t13-/m0/s1. The average molecular weight is 263 g/mol. The van der Waals surface area contributed by atoms with Gasteiger partial charge in [0.15, 0.2) is 0 Å². The number of hydrogen-bond acceptors (Lipinski definition) is 4. The third kappa shape index (κ3) is 2.01. The molecular weight excluding hydrogens is 250 g/mol. The highest BCUT2D eigenvalue weighted by Gasteiger charge is 2.18. The quantitative estimate of drug-likeness (QED) is 0.712. The van der Waals surface area contributed by atoms with E-state index in [1.807, 2.05) is 44.2 Å². The van der Waals surface area contributed by atoms with Gasteiger partial charge in [-0.05, 0) is 25.5 Å². The van der Waals surface area contributed by atoms with Gasteiger partial charge in [-0.3, -0.25) is 0 Å². The Morgan fingerprint density at radius 1 is 1.20 bits per heavy atom. The van der Waals surface area contributed by atoms with E-state index in [4.69, 9.17) is 0 Å². The number of aromatic nitrogens is 4. The molecule has 98 valence electrons. The fourth-order valence-electron chi connectivity index (χ4n) is 2.23. The lowest BCUT2D eigenvalue weighted by Crippen LogP contribution is -2.08. The van der Waals surface area contributed by atoms with Crippen LogP contribution in [0.4, 0.5) is 0 Å². The maximum atomic E-state index is 9.56. The molecule has 0 fully saturated rings. The summed E-state index contributed by atoms with van der Waals surface area (Å²) in [6.07, 6.45) is 1.45. The van der Waals surface area contributed by atoms with Gasteiger partial charge < -0.3 is 0 Å². The van der Waals surface area contributed by atoms with E-state index in [1.165, 1.54) is 11.9 Å². The Bertz CT molecular complexity index is 795. The third-order valence-corrected chi connectivity index (χ3v) is 3.24. The van der Waals surface area contributed by atoms with E-state index in [0.29, 0.717) is 5.78 Å². The SMILES string of the molecule is Cc1ccc([C@H](C#N)c2cc(C)nc3ncnn23)cc1. The summed E-state index contributed by atoms with van der Waals surface area (Å²) in [4.78, 5) is 8.40. The highest BCUT2D eigenvalue weighted by molar-refractivity contribution is 5.40. The van der Waals surface area contributed by atoms with Crippen LogP contribution in [0.2, 0.25) is 0 Å². The van der Waals surface area contributed by atoms with E-state index in [2.05, 4.69) is 21.1 Å². The second kappa shape index (κ2) is 4.74. The van der Waals surface area contributed by atoms with Gasteiger partial charge in [-0.25, -0.2) is 4.98 Å². The number of fused-ring (bicyclic) bond motifs is 1. The Hall–Kier alpha value is -2.74. The smallest absolute Gasteiger partial charge is 0.216 e. The molecule has 0 bridgehead atoms. The van der Waals surface area contributed by atoms with Crippen LogP contribution in [-0.2, 0) is 0 Å². The maximum Gasteiger partial charge on any atom is 0.252 e. The molecule has 2 heterocycles. The molecule has 5 nitrogen and oxygen atoms in total. The summed E-state index contributed by atoms with van der Waals surface area (Å²) < 4.78 is 1.63. The first-order chi connectivity index (χ1) is 9.69. The van der Waals surface area contributed by atoms with Crippen LogP contribution in [0.25, 0.3) is 5.78 Å². The first-order valence-corrected chi connectivity index (χ1v) is 6.32. The number of hydrogen-bond donors (Lipinski definition) is 0. The van der Waals surface area contributed by atoms with E-state index in [-0.39, 0.29) is 5.92 Å². The van der Waals surface area contributed by atoms with Crippen LogP contribution < -0.4 is 0 Å². The van der Waals surface area contributed by atoms with Crippen LogP contribution in [0.1, 0.15) is 28.4 Å². The average Bonchev–Trinajstić information content (AvgIpc) is 2.89. The van der Waals surface area contributed by atoms with Gasteiger partial charge >= 0.3 is 0 Å². The zero-order valence-corrected chi connectivity index (χ0v) is 11.3. The van der Waals surface area contributed by atoms with Crippen LogP contribution in [-0.4, -0.2) is 19.6 Å². The molecule has 3 aromatic rings. The van der Waals surface area contributed by atoms with Crippen LogP contribution in [0.5, 0.6) is 0 Å². The molecule has 0 radical (unpaired) electrons. The molecular formula is C15H13N5. The lowest BCUT2D eigenvalue weighted by molar-refractivity contribution is 0.818. The zero-order chi connectivity index (χ0) is 14.1. The number of nitrogens with zero attached hydrogens (tertiary/aromatic N) is 5. The minimum atomic E-state index is -0.388. The zero-order valence-electron chi connectivity index (χ0n) is 11.3. The summed E-state index contributed by atoms with van der Waals surface area (Å²) in [5.41, 5.74) is 3.73. The molecule has 0 unspecified atom stereocenters. The first-order valence-electron chi connectivity index (χ1n) is 6.32. The molecule has 0 aliphatic heterocycles. The van der Waals surface area contributed by atoms with Crippen LogP contribution in [0, 0.1) is 25.2 Å². The minimum absolute atomic E-state index is 0.388. The highest BCUT2D eigenvalue weighted by atomic mass is 15.3. The molecule has 0 aliphatic carbocycles. The topological polar surface area (TPSA) is 66.9 Å². The molecule has 0 saturated heterocycles. The molecule has 1 aromatic carbocycles. The van der Waals surface area contributed by atoms with Crippen molar-refractivity contribution in [1.29, 1.82) is 5.26 Å². The molecule has 0 spiro atoms. The Balaban J connectivity index is 2.19. The van der Waals surface area contributed by atoms with Crippen LogP contribution in [0.3, 0.4) is 0 Å². The van der Waals surface area contributed by atoms with Gasteiger partial charge in [0.2, 0.25) is 0 Å². The van der Waals surface area contributed by atoms with Crippen molar-refractivity contribution < 1.29 is 0 Å². The van der Waals surface area contributed by atoms with Gasteiger partial charge in [0, 0.05) is 5.69 Å². The predicted molar refractivity (Wildman–Crippen MR) is 74.2 cm³/mol. The molecule has 2 aromatic heterocycles. The van der Waals surface area contributed by atoms with Crippen molar-refractivity contribution >= 4 is 5.78 Å². The van der Waals surface area contributed by atoms with Gasteiger partial charge in [0.1, 0.15) is 12.2 Å². The Labute approximate surface area is 116 Å². The minimum Gasteiger partial charge on any atom is -0.216 e. The number of aryl methyl sites for hydroxylation is 2. The second-order valence-corrected chi connectivity index (χ2v) is 4.77. The van der Waals surface area contributed by atoms with Crippen molar-refractivity contribution in [3.8, 4) is 6.07 Å². The van der Waals surface area contributed by atoms with Gasteiger partial charge in [-0.15, -0.1) is 0 Å². The van der Waals surface area contributed by atoms with E-state index in [1.54, 1.807) is 4.52 Å². The maximum absolute atomic E-state index is 9.56. The molecule has 0 N–H and O–H groups in total. The Morgan fingerprint density at radius 3 is 2.65 bits per heavy atom. The number of rotatable bonds is 2. The third-order valence-electron chi connectivity index (χ3n) is 3.24. The van der Waals surface area contributed by atoms with Gasteiger partial charge in [-0.2, -0.15) is 19.9 Å². The molecule has 1 atom stereocenters. The molecule has 3 rings (SSSR count). The van der Waals surface area contributed by atoms with E-state index >= 15 is 0 Å². The summed E-state index contributed by atoms with van der Waals surface area (Å²) in [6, 6.07) is 12.2. The highest BCUT2D eigenvalue weighted by Crippen LogP contribution is 2.24. The van der Waals surface area contributed by atoms with E-state index in [9.17, 15) is 5.26 Å². The lowest BCUT2D eigenvalue weighted by Gasteiger charge is -2.12. The number of benzene rings is 1. The lowest BCUT2D eigenvalue weighted by atomic mass is 9.95. The van der Waals surface area contributed by atoms with Crippen molar-refractivity contribution in [3.05, 3.63) is 59.2 Å². The normalized spacial score (nSPS) is 12.2. The summed E-state index contributed by atoms with van der Waals surface area (Å²) in [6.45, 7) is 3.92. The van der Waals surface area contributed by atoms with Gasteiger partial charge in [-0.1, -0.05) is 29.8 Å². The van der Waals surface area contributed by atoms with Crippen molar-refractivity contribution in [1.82, 2.24) is 19.6 Å². The largest absolute Gasteiger partial charge is 0.252 e. The first kappa shape index (κ1) is 12.3. The van der Waals surface area contributed by atoms with E-state index < -0.39 is 0 Å². The predicted octanol–water partition coefficient (Wildman–Crippen LogP) is 2.40. The fourth-order valence-corrected chi connectivity index (χ4v) is 2.23. The molecule has 0 amide bonds.